The molecule has 0 unspecified atom stereocenters. The van der Waals surface area contributed by atoms with Crippen LogP contribution >= 0.6 is 0 Å². The summed E-state index contributed by atoms with van der Waals surface area (Å²) in [5, 5.41) is 0. The Kier molecular flexibility index (Phi) is 3.22. The molecular weight excluding hydrogens is 344 g/mol. The first-order chi connectivity index (χ1) is 13.2. The van der Waals surface area contributed by atoms with Crippen LogP contribution < -0.4 is 14.2 Å². The van der Waals surface area contributed by atoms with Gasteiger partial charge in [0.25, 0.3) is 0 Å². The molecule has 2 heterocycles. The van der Waals surface area contributed by atoms with Crippen molar-refractivity contribution in [2.45, 2.75) is 5.60 Å². The second-order valence-corrected chi connectivity index (χ2v) is 6.39. The fraction of sp³-hybridized carbons (Fsp3) is 0.136. The Bertz CT molecular complexity index is 1040. The minimum Gasteiger partial charge on any atom is -0.493 e. The van der Waals surface area contributed by atoms with E-state index in [1.165, 1.54) is 7.11 Å². The Morgan fingerprint density at radius 1 is 0.778 bits per heavy atom. The van der Waals surface area contributed by atoms with E-state index in [0.29, 0.717) is 34.1 Å². The zero-order valence-electron chi connectivity index (χ0n) is 14.8. The second kappa shape index (κ2) is 5.51. The molecule has 0 bridgehead atoms. The lowest BCUT2D eigenvalue weighted by atomic mass is 9.77. The number of hydrogen-bond acceptors (Lipinski definition) is 5. The molecule has 5 nitrogen and oxygen atoms in total. The summed E-state index contributed by atoms with van der Waals surface area (Å²) in [5.74, 6) is 1.72. The Hall–Kier alpha value is -3.47. The maximum atomic E-state index is 13.0. The molecule has 0 atom stereocenters. The van der Waals surface area contributed by atoms with Crippen molar-refractivity contribution < 1.29 is 23.7 Å². The maximum absolute atomic E-state index is 13.0. The molecule has 1 spiro atoms. The molecule has 0 N–H and O–H groups in total. The summed E-state index contributed by atoms with van der Waals surface area (Å²) in [6.07, 6.45) is 0. The predicted molar refractivity (Wildman–Crippen MR) is 97.8 cm³/mol. The van der Waals surface area contributed by atoms with E-state index in [1.807, 2.05) is 54.6 Å². The third-order valence-corrected chi connectivity index (χ3v) is 5.13. The fourth-order valence-electron chi connectivity index (χ4n) is 4.02. The highest BCUT2D eigenvalue weighted by atomic mass is 16.6. The standard InChI is InChI=1S/C22H16O5/c1-24-18-12-11-15-19(20(18)25-2)21(23)27-22(15)13-7-3-5-9-16(13)26-17-10-6-4-8-14(17)22/h3-12H,1-2H3. The van der Waals surface area contributed by atoms with Crippen molar-refractivity contribution in [1.29, 1.82) is 0 Å². The molecule has 0 radical (unpaired) electrons. The van der Waals surface area contributed by atoms with Crippen molar-refractivity contribution >= 4 is 5.97 Å². The summed E-state index contributed by atoms with van der Waals surface area (Å²) in [4.78, 5) is 13.0. The molecular formula is C22H16O5. The topological polar surface area (TPSA) is 54.0 Å². The Balaban J connectivity index is 1.90. The third kappa shape index (κ3) is 1.91. The van der Waals surface area contributed by atoms with Gasteiger partial charge in [0.15, 0.2) is 17.1 Å². The van der Waals surface area contributed by atoms with Crippen LogP contribution in [0.15, 0.2) is 60.7 Å². The quantitative estimate of drug-likeness (QED) is 0.639. The van der Waals surface area contributed by atoms with Gasteiger partial charge in [-0.1, -0.05) is 36.4 Å². The molecule has 0 aromatic heterocycles. The molecule has 0 aliphatic carbocycles. The summed E-state index contributed by atoms with van der Waals surface area (Å²) in [5.41, 5.74) is 1.57. The number of rotatable bonds is 2. The van der Waals surface area contributed by atoms with Crippen molar-refractivity contribution in [2.75, 3.05) is 14.2 Å². The number of para-hydroxylation sites is 2. The van der Waals surface area contributed by atoms with Crippen molar-refractivity contribution in [2.24, 2.45) is 0 Å². The zero-order chi connectivity index (χ0) is 18.6. The first kappa shape index (κ1) is 15.8. The van der Waals surface area contributed by atoms with Gasteiger partial charge in [-0.15, -0.1) is 0 Å². The zero-order valence-corrected chi connectivity index (χ0v) is 14.8. The molecule has 0 amide bonds. The van der Waals surface area contributed by atoms with Crippen molar-refractivity contribution in [3.63, 3.8) is 0 Å². The minimum absolute atomic E-state index is 0.373. The molecule has 3 aromatic rings. The highest BCUT2D eigenvalue weighted by Crippen LogP contribution is 2.57. The number of esters is 1. The van der Waals surface area contributed by atoms with Gasteiger partial charge in [-0.3, -0.25) is 0 Å². The van der Waals surface area contributed by atoms with Crippen LogP contribution in [0.3, 0.4) is 0 Å². The van der Waals surface area contributed by atoms with E-state index in [2.05, 4.69) is 0 Å². The van der Waals surface area contributed by atoms with Crippen LogP contribution in [0.1, 0.15) is 27.0 Å². The van der Waals surface area contributed by atoms with Gasteiger partial charge < -0.3 is 18.9 Å². The molecule has 2 aliphatic rings. The van der Waals surface area contributed by atoms with Gasteiger partial charge in [0.2, 0.25) is 0 Å². The summed E-state index contributed by atoms with van der Waals surface area (Å²) >= 11 is 0. The van der Waals surface area contributed by atoms with Gasteiger partial charge in [0, 0.05) is 16.7 Å². The lowest BCUT2D eigenvalue weighted by Gasteiger charge is -2.36. The van der Waals surface area contributed by atoms with Crippen LogP contribution in [0.5, 0.6) is 23.0 Å². The molecule has 5 heteroatoms. The average molecular weight is 360 g/mol. The first-order valence-corrected chi connectivity index (χ1v) is 8.56. The van der Waals surface area contributed by atoms with Gasteiger partial charge >= 0.3 is 5.97 Å². The molecule has 2 aliphatic heterocycles. The summed E-state index contributed by atoms with van der Waals surface area (Å²) < 4.78 is 23.0. The van der Waals surface area contributed by atoms with Crippen LogP contribution in [0, 0.1) is 0 Å². The van der Waals surface area contributed by atoms with Crippen molar-refractivity contribution in [1.82, 2.24) is 0 Å². The Morgan fingerprint density at radius 2 is 1.41 bits per heavy atom. The highest BCUT2D eigenvalue weighted by molar-refractivity contribution is 6.00. The van der Waals surface area contributed by atoms with E-state index in [9.17, 15) is 4.79 Å². The van der Waals surface area contributed by atoms with Crippen LogP contribution in [0.4, 0.5) is 0 Å². The van der Waals surface area contributed by atoms with Gasteiger partial charge in [0.1, 0.15) is 17.1 Å². The van der Waals surface area contributed by atoms with E-state index >= 15 is 0 Å². The summed E-state index contributed by atoms with van der Waals surface area (Å²) in [6.45, 7) is 0. The average Bonchev–Trinajstić information content (AvgIpc) is 3.01. The molecule has 27 heavy (non-hydrogen) atoms. The number of carbonyl (C=O) groups is 1. The smallest absolute Gasteiger partial charge is 0.344 e. The number of fused-ring (bicyclic) bond motifs is 6. The third-order valence-electron chi connectivity index (χ3n) is 5.13. The Labute approximate surface area is 156 Å². The molecule has 5 rings (SSSR count). The monoisotopic (exact) mass is 360 g/mol. The SMILES string of the molecule is COc1ccc2c(c1OC)C(=O)OC21c2ccccc2Oc2ccccc21. The highest BCUT2D eigenvalue weighted by Gasteiger charge is 2.54. The lowest BCUT2D eigenvalue weighted by molar-refractivity contribution is 0.0223. The van der Waals surface area contributed by atoms with Crippen molar-refractivity contribution in [3.8, 4) is 23.0 Å². The van der Waals surface area contributed by atoms with E-state index in [0.717, 1.165) is 11.1 Å². The number of ether oxygens (including phenoxy) is 4. The van der Waals surface area contributed by atoms with Crippen LogP contribution in [-0.2, 0) is 10.3 Å². The van der Waals surface area contributed by atoms with Gasteiger partial charge in [-0.2, -0.15) is 0 Å². The predicted octanol–water partition coefficient (Wildman–Crippen LogP) is 4.27. The number of hydrogen-bond donors (Lipinski definition) is 0. The molecule has 134 valence electrons. The fourth-order valence-corrected chi connectivity index (χ4v) is 4.02. The van der Waals surface area contributed by atoms with E-state index in [4.69, 9.17) is 18.9 Å². The largest absolute Gasteiger partial charge is 0.493 e. The second-order valence-electron chi connectivity index (χ2n) is 6.39. The normalized spacial score (nSPS) is 15.3. The van der Waals surface area contributed by atoms with Crippen LogP contribution in [0.2, 0.25) is 0 Å². The van der Waals surface area contributed by atoms with Crippen LogP contribution in [0.25, 0.3) is 0 Å². The van der Waals surface area contributed by atoms with E-state index in [-0.39, 0.29) is 0 Å². The Morgan fingerprint density at radius 3 is 2.00 bits per heavy atom. The number of carbonyl (C=O) groups excluding carboxylic acids is 1. The maximum Gasteiger partial charge on any atom is 0.344 e. The number of methoxy groups -OCH3 is 2. The molecule has 0 fully saturated rings. The number of benzene rings is 3. The van der Waals surface area contributed by atoms with Gasteiger partial charge in [-0.05, 0) is 24.3 Å². The van der Waals surface area contributed by atoms with E-state index in [1.54, 1.807) is 13.2 Å². The molecule has 0 saturated heterocycles. The lowest BCUT2D eigenvalue weighted by Crippen LogP contribution is -2.32. The summed E-state index contributed by atoms with van der Waals surface area (Å²) in [7, 11) is 3.06. The van der Waals surface area contributed by atoms with Gasteiger partial charge in [0.05, 0.1) is 14.2 Å². The summed E-state index contributed by atoms with van der Waals surface area (Å²) in [6, 6.07) is 18.9. The van der Waals surface area contributed by atoms with E-state index < -0.39 is 11.6 Å². The first-order valence-electron chi connectivity index (χ1n) is 8.56. The molecule has 3 aromatic carbocycles. The molecule has 0 saturated carbocycles. The minimum atomic E-state index is -1.09. The van der Waals surface area contributed by atoms with Gasteiger partial charge in [-0.25, -0.2) is 4.79 Å². The van der Waals surface area contributed by atoms with Crippen LogP contribution in [-0.4, -0.2) is 20.2 Å². The van der Waals surface area contributed by atoms with Crippen molar-refractivity contribution in [3.05, 3.63) is 82.9 Å².